The molecular weight excluding hydrogens is 320 g/mol. The van der Waals surface area contributed by atoms with Crippen LogP contribution in [0.25, 0.3) is 0 Å². The summed E-state index contributed by atoms with van der Waals surface area (Å²) in [5.74, 6) is 0. The molecule has 2 aromatic carbocycles. The number of aryl methyl sites for hydroxylation is 4. The van der Waals surface area contributed by atoms with Crippen molar-refractivity contribution in [2.45, 2.75) is 79.1 Å². The first-order valence-electron chi connectivity index (χ1n) is 9.23. The van der Waals surface area contributed by atoms with Crippen molar-refractivity contribution in [3.05, 3.63) is 58.7 Å². The van der Waals surface area contributed by atoms with Crippen LogP contribution in [0.1, 0.15) is 75.6 Å². The molecule has 0 aromatic heterocycles. The molecule has 136 valence electrons. The van der Waals surface area contributed by atoms with Gasteiger partial charge in [-0.2, -0.15) is 17.2 Å². The summed E-state index contributed by atoms with van der Waals surface area (Å²) in [6, 6.07) is 13.4. The van der Waals surface area contributed by atoms with E-state index in [0.29, 0.717) is 0 Å². The second-order valence-electron chi connectivity index (χ2n) is 6.15. The van der Waals surface area contributed by atoms with Gasteiger partial charge in [-0.05, 0) is 0 Å². The minimum absolute atomic E-state index is 0. The van der Waals surface area contributed by atoms with Crippen molar-refractivity contribution >= 4 is 0 Å². The van der Waals surface area contributed by atoms with Gasteiger partial charge in [-0.3, -0.25) is 0 Å². The summed E-state index contributed by atoms with van der Waals surface area (Å²) in [7, 11) is 0. The average Bonchev–Trinajstić information content (AvgIpc) is 3.12. The van der Waals surface area contributed by atoms with E-state index in [9.17, 15) is 0 Å². The predicted octanol–water partition coefficient (Wildman–Crippen LogP) is 6.62. The molecule has 0 spiro atoms. The summed E-state index contributed by atoms with van der Waals surface area (Å²) in [5.41, 5.74) is 6.26. The Balaban J connectivity index is 0.000000403. The Kier molecular flexibility index (Phi) is 13.2. The number of rotatable bonds is 8. The van der Waals surface area contributed by atoms with E-state index in [2.05, 4.69) is 64.1 Å². The van der Waals surface area contributed by atoms with E-state index in [4.69, 9.17) is 0 Å². The SMILES string of the molecule is CCC[c-]1[cH-][cH-][cH-][c-]1CCC.CCCc1ccc[c-]1CCC.[Fe]. The topological polar surface area (TPSA) is 0 Å². The third kappa shape index (κ3) is 8.04. The summed E-state index contributed by atoms with van der Waals surface area (Å²) in [5, 5.41) is 0. The first-order valence-corrected chi connectivity index (χ1v) is 9.23. The van der Waals surface area contributed by atoms with E-state index < -0.39 is 0 Å². The molecule has 0 aliphatic rings. The molecule has 1 heteroatoms. The van der Waals surface area contributed by atoms with E-state index >= 15 is 0 Å². The van der Waals surface area contributed by atoms with Crippen molar-refractivity contribution in [1.82, 2.24) is 0 Å². The molecular formula is C22H34Fe-6. The zero-order valence-electron chi connectivity index (χ0n) is 15.5. The van der Waals surface area contributed by atoms with Crippen LogP contribution in [0.2, 0.25) is 0 Å². The normalized spacial score (nSPS) is 9.91. The van der Waals surface area contributed by atoms with Gasteiger partial charge in [-0.15, -0.1) is 0 Å². The van der Waals surface area contributed by atoms with Gasteiger partial charge in [0.1, 0.15) is 0 Å². The van der Waals surface area contributed by atoms with Crippen LogP contribution in [0.4, 0.5) is 0 Å². The molecule has 0 amide bonds. The van der Waals surface area contributed by atoms with E-state index in [-0.39, 0.29) is 17.1 Å². The van der Waals surface area contributed by atoms with Gasteiger partial charge in [0.05, 0.1) is 0 Å². The van der Waals surface area contributed by atoms with Crippen LogP contribution in [-0.2, 0) is 42.8 Å². The van der Waals surface area contributed by atoms with Gasteiger partial charge in [-0.1, -0.05) is 66.2 Å². The van der Waals surface area contributed by atoms with Gasteiger partial charge in [0.2, 0.25) is 0 Å². The molecule has 0 saturated carbocycles. The maximum absolute atomic E-state index is 2.26. The van der Waals surface area contributed by atoms with Crippen molar-refractivity contribution in [2.24, 2.45) is 0 Å². The monoisotopic (exact) mass is 354 g/mol. The molecule has 0 unspecified atom stereocenters. The third-order valence-corrected chi connectivity index (χ3v) is 4.09. The molecule has 0 fully saturated rings. The van der Waals surface area contributed by atoms with Gasteiger partial charge in [0.15, 0.2) is 0 Å². The molecule has 0 nitrogen and oxygen atoms in total. The third-order valence-electron chi connectivity index (χ3n) is 4.09. The smallest absolute Gasteiger partial charge is 0 e. The Hall–Kier alpha value is -0.781. The van der Waals surface area contributed by atoms with Gasteiger partial charge < -0.3 is 29.3 Å². The van der Waals surface area contributed by atoms with Crippen LogP contribution >= 0.6 is 0 Å². The molecule has 2 rings (SSSR count). The molecule has 0 N–H and O–H groups in total. The zero-order chi connectivity index (χ0) is 16.2. The van der Waals surface area contributed by atoms with Gasteiger partial charge in [-0.25, -0.2) is 25.0 Å². The maximum Gasteiger partial charge on any atom is 0 e. The van der Waals surface area contributed by atoms with Crippen LogP contribution in [-0.4, -0.2) is 0 Å². The fourth-order valence-corrected chi connectivity index (χ4v) is 3.04. The van der Waals surface area contributed by atoms with Gasteiger partial charge in [0, 0.05) is 17.1 Å². The zero-order valence-corrected chi connectivity index (χ0v) is 16.6. The quantitative estimate of drug-likeness (QED) is 0.369. The predicted molar refractivity (Wildman–Crippen MR) is 100 cm³/mol. The largest absolute Gasteiger partial charge is 0.747 e. The standard InChI is InChI=1S/2C11H17.Fe/c2*1-3-6-10-8-5-9-11(10)7-4-2;/h2*5,8-9H,3-4,6-7H2,1-2H3;/q-5;-1;. The minimum atomic E-state index is 0. The molecule has 0 aliphatic carbocycles. The average molecular weight is 354 g/mol. The van der Waals surface area contributed by atoms with Crippen molar-refractivity contribution in [3.63, 3.8) is 0 Å². The second-order valence-corrected chi connectivity index (χ2v) is 6.15. The van der Waals surface area contributed by atoms with Gasteiger partial charge >= 0.3 is 0 Å². The Morgan fingerprint density at radius 1 is 0.826 bits per heavy atom. The Bertz CT molecular complexity index is 402. The number of hydrogen-bond donors (Lipinski definition) is 0. The number of hydrogen-bond acceptors (Lipinski definition) is 0. The summed E-state index contributed by atoms with van der Waals surface area (Å²) >= 11 is 0. The molecule has 23 heavy (non-hydrogen) atoms. The van der Waals surface area contributed by atoms with E-state index in [0.717, 1.165) is 0 Å². The van der Waals surface area contributed by atoms with Crippen LogP contribution in [0.3, 0.4) is 0 Å². The minimum Gasteiger partial charge on any atom is -0.747 e. The molecule has 0 radical (unpaired) electrons. The van der Waals surface area contributed by atoms with Gasteiger partial charge in [0.25, 0.3) is 0 Å². The van der Waals surface area contributed by atoms with Crippen LogP contribution in [0.15, 0.2) is 36.4 Å². The van der Waals surface area contributed by atoms with Crippen LogP contribution in [0.5, 0.6) is 0 Å². The molecule has 2 aromatic rings. The fourth-order valence-electron chi connectivity index (χ4n) is 3.04. The molecule has 0 bridgehead atoms. The van der Waals surface area contributed by atoms with Crippen molar-refractivity contribution in [3.8, 4) is 0 Å². The van der Waals surface area contributed by atoms with Crippen molar-refractivity contribution in [1.29, 1.82) is 0 Å². The summed E-state index contributed by atoms with van der Waals surface area (Å²) in [6.45, 7) is 8.96. The Morgan fingerprint density at radius 3 is 1.87 bits per heavy atom. The van der Waals surface area contributed by atoms with E-state index in [1.807, 2.05) is 0 Å². The molecule has 0 atom stereocenters. The summed E-state index contributed by atoms with van der Waals surface area (Å²) < 4.78 is 0. The summed E-state index contributed by atoms with van der Waals surface area (Å²) in [6.07, 6.45) is 10.1. The van der Waals surface area contributed by atoms with Crippen molar-refractivity contribution in [2.75, 3.05) is 0 Å². The van der Waals surface area contributed by atoms with Crippen LogP contribution < -0.4 is 0 Å². The fraction of sp³-hybridized carbons (Fsp3) is 0.545. The summed E-state index contributed by atoms with van der Waals surface area (Å²) in [4.78, 5) is 0. The Morgan fingerprint density at radius 2 is 1.39 bits per heavy atom. The van der Waals surface area contributed by atoms with Crippen molar-refractivity contribution < 1.29 is 17.1 Å². The van der Waals surface area contributed by atoms with E-state index in [1.54, 1.807) is 22.3 Å². The first kappa shape index (κ1) is 22.2. The molecule has 0 saturated heterocycles. The Labute approximate surface area is 154 Å². The first-order chi connectivity index (χ1) is 10.8. The second kappa shape index (κ2) is 13.6. The van der Waals surface area contributed by atoms with E-state index in [1.165, 1.54) is 51.4 Å². The molecule has 0 aliphatic heterocycles. The maximum atomic E-state index is 2.26. The van der Waals surface area contributed by atoms with Crippen LogP contribution in [0, 0.1) is 0 Å². The molecule has 0 heterocycles.